The largest absolute Gasteiger partial charge is 0.416 e. The zero-order valence-electron chi connectivity index (χ0n) is 30.3. The van der Waals surface area contributed by atoms with Crippen molar-refractivity contribution in [3.05, 3.63) is 141 Å². The molecule has 4 aromatic rings. The molecule has 8 N–H and O–H groups in total. The predicted octanol–water partition coefficient (Wildman–Crippen LogP) is 9.82. The molecule has 0 fully saturated rings. The Morgan fingerprint density at radius 3 is 1.41 bits per heavy atom. The third-order valence-electron chi connectivity index (χ3n) is 10.4. The van der Waals surface area contributed by atoms with Crippen LogP contribution in [0.3, 0.4) is 0 Å². The molecular weight excluding hydrogens is 764 g/mol. The van der Waals surface area contributed by atoms with Crippen LogP contribution in [-0.4, -0.2) is 18.1 Å². The third kappa shape index (κ3) is 9.69. The van der Waals surface area contributed by atoms with Crippen LogP contribution in [0.1, 0.15) is 76.3 Å². The van der Waals surface area contributed by atoms with E-state index in [2.05, 4.69) is 0 Å². The lowest BCUT2D eigenvalue weighted by Gasteiger charge is -2.54. The van der Waals surface area contributed by atoms with Gasteiger partial charge in [-0.3, -0.25) is 0 Å². The smallest absolute Gasteiger partial charge is 0.326 e. The first-order chi connectivity index (χ1) is 25.7. The van der Waals surface area contributed by atoms with Gasteiger partial charge in [-0.1, -0.05) is 79.9 Å². The van der Waals surface area contributed by atoms with Gasteiger partial charge < -0.3 is 22.9 Å². The number of benzene rings is 4. The number of hydrogen-bond acceptors (Lipinski definition) is 4. The minimum atomic E-state index is -5.29. The van der Waals surface area contributed by atoms with Crippen molar-refractivity contribution in [3.63, 3.8) is 0 Å². The predicted molar refractivity (Wildman–Crippen MR) is 189 cm³/mol. The number of aryl methyl sites for hydroxylation is 1. The molecule has 0 aliphatic rings. The van der Waals surface area contributed by atoms with E-state index < -0.39 is 88.0 Å². The Kier molecular flexibility index (Phi) is 13.1. The van der Waals surface area contributed by atoms with Crippen molar-refractivity contribution in [2.45, 2.75) is 99.7 Å². The van der Waals surface area contributed by atoms with Gasteiger partial charge in [-0.05, 0) is 84.8 Å². The summed E-state index contributed by atoms with van der Waals surface area (Å²) in [5, 5.41) is 0. The second-order valence-electron chi connectivity index (χ2n) is 14.2. The lowest BCUT2D eigenvalue weighted by Crippen LogP contribution is -2.73. The van der Waals surface area contributed by atoms with Crippen LogP contribution < -0.4 is 22.9 Å². The number of halogens is 12. The number of rotatable bonds is 13. The fraction of sp³-hybridized carbons (Fsp3) is 0.400. The van der Waals surface area contributed by atoms with Gasteiger partial charge in [0.05, 0.1) is 27.8 Å². The van der Waals surface area contributed by atoms with Crippen molar-refractivity contribution >= 4 is 0 Å². The van der Waals surface area contributed by atoms with E-state index in [-0.39, 0.29) is 36.5 Å². The molecule has 0 heterocycles. The van der Waals surface area contributed by atoms with E-state index in [1.54, 1.807) is 38.1 Å². The first-order valence-corrected chi connectivity index (χ1v) is 17.5. The zero-order chi connectivity index (χ0) is 42.1. The molecule has 0 aromatic heterocycles. The molecule has 4 aromatic carbocycles. The second-order valence-corrected chi connectivity index (χ2v) is 14.2. The van der Waals surface area contributed by atoms with Crippen molar-refractivity contribution in [2.75, 3.05) is 0 Å². The SMILES string of the molecule is CCCCC(N)(c1cc(C(F)(F)F)cc(C(F)(F)F)c1)C(N)C(c1ccc(C(F)(F)F)cc1)(C(N)Cc1ccc(C)cc1)C(N)Cc1cccc(C(F)(F)F)c1. The molecule has 0 bridgehead atoms. The Bertz CT molecular complexity index is 1890. The minimum absolute atomic E-state index is 0.0204. The summed E-state index contributed by atoms with van der Waals surface area (Å²) < 4.78 is 169. The summed E-state index contributed by atoms with van der Waals surface area (Å²) in [6, 6.07) is 10.1. The molecule has 0 radical (unpaired) electrons. The van der Waals surface area contributed by atoms with Crippen LogP contribution in [-0.2, 0) is 48.5 Å². The average Bonchev–Trinajstić information content (AvgIpc) is 3.10. The number of hydrogen-bond donors (Lipinski definition) is 4. The molecule has 0 spiro atoms. The fourth-order valence-corrected chi connectivity index (χ4v) is 7.33. The summed E-state index contributed by atoms with van der Waals surface area (Å²) >= 11 is 0. The van der Waals surface area contributed by atoms with Crippen molar-refractivity contribution < 1.29 is 52.7 Å². The van der Waals surface area contributed by atoms with Crippen LogP contribution in [0.4, 0.5) is 52.7 Å². The van der Waals surface area contributed by atoms with Crippen LogP contribution in [0.2, 0.25) is 0 Å². The van der Waals surface area contributed by atoms with Crippen LogP contribution in [0.15, 0.2) is 91.0 Å². The standard InChI is InChI=1S/C40H42F12N4/c1-3-4-16-35(56,29-20-30(39(47,48)49)22-31(21-29)40(50,51)52)34(55)36(26-12-14-27(15-13-26)37(41,42)43,32(53)18-24-10-8-23(2)9-11-24)33(54)19-25-6-5-7-28(17-25)38(44,45)46/h5-15,17,20-22,32-34H,3-4,16,18-19,53-56H2,1-2H3. The van der Waals surface area contributed by atoms with Gasteiger partial charge in [0.25, 0.3) is 0 Å². The van der Waals surface area contributed by atoms with Gasteiger partial charge in [0.15, 0.2) is 0 Å². The quantitative estimate of drug-likeness (QED) is 0.101. The highest BCUT2D eigenvalue weighted by molar-refractivity contribution is 5.45. The lowest BCUT2D eigenvalue weighted by atomic mass is 9.56. The summed E-state index contributed by atoms with van der Waals surface area (Å²) in [7, 11) is 0. The highest BCUT2D eigenvalue weighted by Crippen LogP contribution is 2.47. The van der Waals surface area contributed by atoms with E-state index in [1.807, 2.05) is 0 Å². The first-order valence-electron chi connectivity index (χ1n) is 17.5. The van der Waals surface area contributed by atoms with Crippen molar-refractivity contribution in [2.24, 2.45) is 22.9 Å². The Labute approximate surface area is 316 Å². The maximum atomic E-state index is 14.2. The lowest BCUT2D eigenvalue weighted by molar-refractivity contribution is -0.143. The molecule has 4 rings (SSSR count). The van der Waals surface area contributed by atoms with E-state index in [4.69, 9.17) is 22.9 Å². The van der Waals surface area contributed by atoms with Crippen LogP contribution in [0, 0.1) is 6.92 Å². The van der Waals surface area contributed by atoms with Crippen LogP contribution >= 0.6 is 0 Å². The molecule has 0 saturated heterocycles. The molecule has 4 nitrogen and oxygen atoms in total. The van der Waals surface area contributed by atoms with Gasteiger partial charge in [-0.25, -0.2) is 0 Å². The van der Waals surface area contributed by atoms with Gasteiger partial charge in [0.2, 0.25) is 0 Å². The Morgan fingerprint density at radius 1 is 0.500 bits per heavy atom. The highest BCUT2D eigenvalue weighted by atomic mass is 19.4. The van der Waals surface area contributed by atoms with Crippen molar-refractivity contribution in [1.82, 2.24) is 0 Å². The summed E-state index contributed by atoms with van der Waals surface area (Å²) in [6.45, 7) is 3.46. The fourth-order valence-electron chi connectivity index (χ4n) is 7.33. The first kappa shape index (κ1) is 44.6. The van der Waals surface area contributed by atoms with Crippen molar-refractivity contribution in [3.8, 4) is 0 Å². The maximum Gasteiger partial charge on any atom is 0.416 e. The van der Waals surface area contributed by atoms with Gasteiger partial charge >= 0.3 is 24.7 Å². The molecule has 5 atom stereocenters. The van der Waals surface area contributed by atoms with Gasteiger partial charge in [-0.2, -0.15) is 52.7 Å². The normalized spacial score (nSPS) is 16.8. The number of alkyl halides is 12. The molecule has 0 aliphatic heterocycles. The Morgan fingerprint density at radius 2 is 0.946 bits per heavy atom. The monoisotopic (exact) mass is 806 g/mol. The maximum absolute atomic E-state index is 14.2. The summed E-state index contributed by atoms with van der Waals surface area (Å²) in [5.41, 5.74) is 18.7. The topological polar surface area (TPSA) is 104 Å². The molecule has 56 heavy (non-hydrogen) atoms. The average molecular weight is 807 g/mol. The second kappa shape index (κ2) is 16.4. The molecule has 0 saturated carbocycles. The van der Waals surface area contributed by atoms with E-state index in [0.717, 1.165) is 35.9 Å². The van der Waals surface area contributed by atoms with E-state index in [0.29, 0.717) is 36.2 Å². The molecule has 16 heteroatoms. The number of unbranched alkanes of at least 4 members (excludes halogenated alkanes) is 1. The molecule has 5 unspecified atom stereocenters. The van der Waals surface area contributed by atoms with Gasteiger partial charge in [0, 0.05) is 23.5 Å². The van der Waals surface area contributed by atoms with Gasteiger partial charge in [-0.15, -0.1) is 0 Å². The molecular formula is C40H42F12N4. The summed E-state index contributed by atoms with van der Waals surface area (Å²) in [6.07, 6.45) is -20.8. The summed E-state index contributed by atoms with van der Waals surface area (Å²) in [5.74, 6) is 0. The van der Waals surface area contributed by atoms with Gasteiger partial charge in [0.1, 0.15) is 0 Å². The molecule has 306 valence electrons. The molecule has 0 amide bonds. The number of nitrogens with two attached hydrogens (primary N) is 4. The van der Waals surface area contributed by atoms with E-state index >= 15 is 0 Å². The van der Waals surface area contributed by atoms with Crippen LogP contribution in [0.25, 0.3) is 0 Å². The highest BCUT2D eigenvalue weighted by Gasteiger charge is 2.56. The third-order valence-corrected chi connectivity index (χ3v) is 10.4. The Hall–Kier alpha value is -4.12. The summed E-state index contributed by atoms with van der Waals surface area (Å²) in [4.78, 5) is 0. The minimum Gasteiger partial charge on any atom is -0.326 e. The van der Waals surface area contributed by atoms with E-state index in [9.17, 15) is 52.7 Å². The zero-order valence-corrected chi connectivity index (χ0v) is 30.3. The Balaban J connectivity index is 2.13. The van der Waals surface area contributed by atoms with Crippen molar-refractivity contribution in [1.29, 1.82) is 0 Å². The van der Waals surface area contributed by atoms with E-state index in [1.165, 1.54) is 6.07 Å². The molecule has 0 aliphatic carbocycles. The van der Waals surface area contributed by atoms with Crippen LogP contribution in [0.5, 0.6) is 0 Å².